The molecule has 1 aliphatic rings. The van der Waals surface area contributed by atoms with E-state index in [1.165, 1.54) is 13.0 Å². The quantitative estimate of drug-likeness (QED) is 0.856. The monoisotopic (exact) mass is 285 g/mol. The van der Waals surface area contributed by atoms with E-state index in [4.69, 9.17) is 0 Å². The highest BCUT2D eigenvalue weighted by Gasteiger charge is 2.33. The summed E-state index contributed by atoms with van der Waals surface area (Å²) in [6.45, 7) is 1.70. The van der Waals surface area contributed by atoms with Gasteiger partial charge >= 0.3 is 0 Å². The Labute approximate surface area is 114 Å². The summed E-state index contributed by atoms with van der Waals surface area (Å²) in [7, 11) is 0. The maximum Gasteiger partial charge on any atom is 0.227 e. The molecule has 0 radical (unpaired) electrons. The van der Waals surface area contributed by atoms with Crippen LogP contribution in [0.15, 0.2) is 18.2 Å². The molecule has 0 aromatic heterocycles. The maximum atomic E-state index is 13.6. The summed E-state index contributed by atoms with van der Waals surface area (Å²) in [4.78, 5) is 23.9. The van der Waals surface area contributed by atoms with Crippen molar-refractivity contribution in [3.8, 4) is 0 Å². The van der Waals surface area contributed by atoms with Gasteiger partial charge in [-0.15, -0.1) is 0 Å². The van der Waals surface area contributed by atoms with E-state index in [0.717, 1.165) is 28.8 Å². The number of hydrogen-bond acceptors (Lipinski definition) is 3. The van der Waals surface area contributed by atoms with Gasteiger partial charge in [0, 0.05) is 25.6 Å². The van der Waals surface area contributed by atoms with E-state index in [1.54, 1.807) is 0 Å². The van der Waals surface area contributed by atoms with Gasteiger partial charge in [0.25, 0.3) is 0 Å². The Morgan fingerprint density at radius 2 is 2.05 bits per heavy atom. The number of nitrogens with zero attached hydrogens (tertiary/aromatic N) is 1. The number of rotatable bonds is 3. The molecule has 1 amide bonds. The Bertz CT molecular complexity index is 501. The van der Waals surface area contributed by atoms with Crippen LogP contribution in [0.4, 0.5) is 14.5 Å². The van der Waals surface area contributed by atoms with Gasteiger partial charge in [0.1, 0.15) is 17.3 Å². The van der Waals surface area contributed by atoms with E-state index in [9.17, 15) is 18.4 Å². The van der Waals surface area contributed by atoms with Crippen molar-refractivity contribution in [3.63, 3.8) is 0 Å². The minimum Gasteiger partial charge on any atom is -0.307 e. The van der Waals surface area contributed by atoms with Crippen LogP contribution in [0.2, 0.25) is 0 Å². The lowest BCUT2D eigenvalue weighted by Gasteiger charge is -2.18. The van der Waals surface area contributed by atoms with Crippen LogP contribution < -0.4 is 4.90 Å². The molecule has 0 N–H and O–H groups in total. The predicted octanol–water partition coefficient (Wildman–Crippen LogP) is 2.60. The average Bonchev–Trinajstić information content (AvgIpc) is 2.68. The fourth-order valence-corrected chi connectivity index (χ4v) is 2.79. The molecule has 19 heavy (non-hydrogen) atoms. The summed E-state index contributed by atoms with van der Waals surface area (Å²) in [5.74, 6) is -1.35. The molecule has 0 aliphatic carbocycles. The molecular formula is C13H13F2NO2S. The zero-order chi connectivity index (χ0) is 14.0. The second kappa shape index (κ2) is 5.69. The molecule has 1 aromatic rings. The fraction of sp³-hybridized carbons (Fsp3) is 0.385. The number of anilines is 1. The molecule has 1 unspecified atom stereocenters. The van der Waals surface area contributed by atoms with Gasteiger partial charge in [-0.05, 0) is 18.1 Å². The summed E-state index contributed by atoms with van der Waals surface area (Å²) in [5, 5.41) is -0.0250. The van der Waals surface area contributed by atoms with Crippen LogP contribution in [0.1, 0.15) is 13.3 Å². The highest BCUT2D eigenvalue weighted by atomic mass is 32.2. The SMILES string of the molecule is CC(=O)SCC1CC(=O)N(c2c(F)cccc2F)C1. The molecule has 1 atom stereocenters. The van der Waals surface area contributed by atoms with Crippen molar-refractivity contribution in [2.45, 2.75) is 13.3 Å². The number of para-hydroxylation sites is 1. The zero-order valence-corrected chi connectivity index (χ0v) is 11.2. The third kappa shape index (κ3) is 3.12. The van der Waals surface area contributed by atoms with Crippen molar-refractivity contribution in [2.24, 2.45) is 5.92 Å². The third-order valence-electron chi connectivity index (χ3n) is 2.93. The second-order valence-corrected chi connectivity index (χ2v) is 5.64. The Balaban J connectivity index is 2.14. The Kier molecular flexibility index (Phi) is 4.19. The van der Waals surface area contributed by atoms with Crippen LogP contribution in [0.3, 0.4) is 0 Å². The lowest BCUT2D eigenvalue weighted by molar-refractivity contribution is -0.117. The van der Waals surface area contributed by atoms with Crippen molar-refractivity contribution in [3.05, 3.63) is 29.8 Å². The smallest absolute Gasteiger partial charge is 0.227 e. The fourth-order valence-electron chi connectivity index (χ4n) is 2.09. The molecule has 3 nitrogen and oxygen atoms in total. The number of amides is 1. The van der Waals surface area contributed by atoms with Crippen molar-refractivity contribution < 1.29 is 18.4 Å². The normalized spacial score (nSPS) is 19.0. The van der Waals surface area contributed by atoms with E-state index in [1.807, 2.05) is 0 Å². The Morgan fingerprint density at radius 1 is 1.42 bits per heavy atom. The lowest BCUT2D eigenvalue weighted by Crippen LogP contribution is -2.26. The zero-order valence-electron chi connectivity index (χ0n) is 10.4. The van der Waals surface area contributed by atoms with Crippen molar-refractivity contribution in [2.75, 3.05) is 17.2 Å². The first-order valence-electron chi connectivity index (χ1n) is 5.86. The Hall–Kier alpha value is -1.43. The van der Waals surface area contributed by atoms with Crippen LogP contribution in [0, 0.1) is 17.6 Å². The van der Waals surface area contributed by atoms with E-state index in [-0.39, 0.29) is 35.6 Å². The highest BCUT2D eigenvalue weighted by molar-refractivity contribution is 8.13. The van der Waals surface area contributed by atoms with Gasteiger partial charge in [-0.25, -0.2) is 8.78 Å². The van der Waals surface area contributed by atoms with Crippen LogP contribution in [-0.4, -0.2) is 23.3 Å². The minimum atomic E-state index is -0.742. The van der Waals surface area contributed by atoms with Crippen molar-refractivity contribution >= 4 is 28.5 Å². The minimum absolute atomic E-state index is 0.0250. The predicted molar refractivity (Wildman–Crippen MR) is 70.0 cm³/mol. The van der Waals surface area contributed by atoms with E-state index < -0.39 is 11.6 Å². The van der Waals surface area contributed by atoms with Gasteiger partial charge in [-0.1, -0.05) is 17.8 Å². The van der Waals surface area contributed by atoms with E-state index in [0.29, 0.717) is 5.75 Å². The molecule has 6 heteroatoms. The van der Waals surface area contributed by atoms with Crippen LogP contribution in [-0.2, 0) is 9.59 Å². The third-order valence-corrected chi connectivity index (χ3v) is 3.98. The van der Waals surface area contributed by atoms with Gasteiger partial charge in [0.05, 0.1) is 0 Å². The van der Waals surface area contributed by atoms with Gasteiger partial charge in [-0.2, -0.15) is 0 Å². The van der Waals surface area contributed by atoms with Crippen molar-refractivity contribution in [1.29, 1.82) is 0 Å². The lowest BCUT2D eigenvalue weighted by atomic mass is 10.1. The topological polar surface area (TPSA) is 37.4 Å². The number of carbonyl (C=O) groups excluding carboxylic acids is 2. The molecule has 0 bridgehead atoms. The molecule has 2 rings (SSSR count). The van der Waals surface area contributed by atoms with Gasteiger partial charge < -0.3 is 4.90 Å². The van der Waals surface area contributed by atoms with Crippen LogP contribution >= 0.6 is 11.8 Å². The first-order chi connectivity index (χ1) is 8.99. The number of thioether (sulfide) groups is 1. The van der Waals surface area contributed by atoms with Gasteiger partial charge in [0.2, 0.25) is 5.91 Å². The maximum absolute atomic E-state index is 13.6. The van der Waals surface area contributed by atoms with Crippen molar-refractivity contribution in [1.82, 2.24) is 0 Å². The molecule has 1 aromatic carbocycles. The summed E-state index contributed by atoms with van der Waals surface area (Å²) in [6.07, 6.45) is 0.216. The second-order valence-electron chi connectivity index (χ2n) is 4.45. The number of carbonyl (C=O) groups is 2. The largest absolute Gasteiger partial charge is 0.307 e. The number of benzene rings is 1. The number of hydrogen-bond donors (Lipinski definition) is 0. The molecule has 1 saturated heterocycles. The summed E-state index contributed by atoms with van der Waals surface area (Å²) < 4.78 is 27.2. The van der Waals surface area contributed by atoms with E-state index >= 15 is 0 Å². The van der Waals surface area contributed by atoms with E-state index in [2.05, 4.69) is 0 Å². The number of halogens is 2. The average molecular weight is 285 g/mol. The summed E-state index contributed by atoms with van der Waals surface area (Å²) in [5.41, 5.74) is -0.289. The van der Waals surface area contributed by atoms with Crippen LogP contribution in [0.5, 0.6) is 0 Å². The molecule has 1 aliphatic heterocycles. The molecule has 102 valence electrons. The van der Waals surface area contributed by atoms with Gasteiger partial charge in [-0.3, -0.25) is 9.59 Å². The molecule has 0 saturated carbocycles. The summed E-state index contributed by atoms with van der Waals surface area (Å²) in [6, 6.07) is 3.52. The van der Waals surface area contributed by atoms with Crippen LogP contribution in [0.25, 0.3) is 0 Å². The standard InChI is InChI=1S/C13H13F2NO2S/c1-8(17)19-7-9-5-12(18)16(6-9)13-10(14)3-2-4-11(13)15/h2-4,9H,5-7H2,1H3. The molecule has 0 spiro atoms. The summed E-state index contributed by atoms with van der Waals surface area (Å²) >= 11 is 1.13. The van der Waals surface area contributed by atoms with Gasteiger partial charge in [0.15, 0.2) is 5.12 Å². The highest BCUT2D eigenvalue weighted by Crippen LogP contribution is 2.31. The first-order valence-corrected chi connectivity index (χ1v) is 6.85. The first kappa shape index (κ1) is 14.0. The Morgan fingerprint density at radius 3 is 2.63 bits per heavy atom. The molecule has 1 fully saturated rings. The molecule has 1 heterocycles. The molecular weight excluding hydrogens is 272 g/mol.